The molecule has 0 aliphatic heterocycles. The highest BCUT2D eigenvalue weighted by Gasteiger charge is 2.15. The molecule has 1 unspecified atom stereocenters. The number of nitrogens with two attached hydrogens (primary N) is 1. The number of halogens is 1. The Labute approximate surface area is 129 Å². The van der Waals surface area contributed by atoms with Gasteiger partial charge in [-0.3, -0.25) is 4.79 Å². The van der Waals surface area contributed by atoms with Crippen molar-refractivity contribution in [1.82, 2.24) is 4.98 Å². The maximum Gasteiger partial charge on any atom is 0.243 e. The van der Waals surface area contributed by atoms with E-state index in [9.17, 15) is 4.79 Å². The highest BCUT2D eigenvalue weighted by atomic mass is 35.5. The number of fused-ring (bicyclic) bond motifs is 1. The van der Waals surface area contributed by atoms with Crippen LogP contribution in [0.15, 0.2) is 12.1 Å². The van der Waals surface area contributed by atoms with Crippen LogP contribution in [-0.4, -0.2) is 16.9 Å². The molecule has 0 saturated carbocycles. The number of nitrogens with one attached hydrogen (secondary N) is 1. The molecule has 1 aromatic heterocycles. The van der Waals surface area contributed by atoms with Crippen LogP contribution < -0.4 is 11.1 Å². The minimum absolute atomic E-state index is 0. The number of aryl methyl sites for hydroxylation is 2. The first-order valence-corrected chi connectivity index (χ1v) is 7.27. The van der Waals surface area contributed by atoms with E-state index in [0.29, 0.717) is 11.6 Å². The van der Waals surface area contributed by atoms with Crippen molar-refractivity contribution in [3.63, 3.8) is 0 Å². The lowest BCUT2D eigenvalue weighted by atomic mass is 10.1. The van der Waals surface area contributed by atoms with Gasteiger partial charge in [-0.2, -0.15) is 0 Å². The fraction of sp³-hybridized carbons (Fsp3) is 0.429. The first kappa shape index (κ1) is 16.9. The second-order valence-electron chi connectivity index (χ2n) is 4.83. The van der Waals surface area contributed by atoms with Crippen LogP contribution in [0.25, 0.3) is 10.2 Å². The summed E-state index contributed by atoms with van der Waals surface area (Å²) in [5.74, 6) is -0.157. The Morgan fingerprint density at radius 1 is 1.45 bits per heavy atom. The average Bonchev–Trinajstić information content (AvgIpc) is 2.72. The van der Waals surface area contributed by atoms with Crippen molar-refractivity contribution in [2.75, 3.05) is 5.32 Å². The number of aromatic nitrogens is 1. The number of thiazole rings is 1. The number of amides is 1. The number of benzene rings is 1. The molecule has 1 aromatic carbocycles. The third-order valence-electron chi connectivity index (χ3n) is 3.00. The van der Waals surface area contributed by atoms with E-state index in [1.54, 1.807) is 0 Å². The first-order chi connectivity index (χ1) is 9.01. The molecule has 20 heavy (non-hydrogen) atoms. The molecule has 1 heterocycles. The molecule has 3 N–H and O–H groups in total. The largest absolute Gasteiger partial charge is 0.320 e. The summed E-state index contributed by atoms with van der Waals surface area (Å²) in [7, 11) is 0. The summed E-state index contributed by atoms with van der Waals surface area (Å²) in [6, 6.07) is 3.72. The summed E-state index contributed by atoms with van der Waals surface area (Å²) in [6.45, 7) is 6.10. The standard InChI is InChI=1S/C14H19N3OS.ClH/c1-4-5-10(15)13(18)17-14-16-12-9(3)6-8(2)7-11(12)19-14;/h6-7,10H,4-5,15H2,1-3H3,(H,16,17,18);1H. The molecule has 0 radical (unpaired) electrons. The van der Waals surface area contributed by atoms with Crippen LogP contribution in [-0.2, 0) is 4.79 Å². The molecule has 0 aliphatic rings. The quantitative estimate of drug-likeness (QED) is 0.909. The summed E-state index contributed by atoms with van der Waals surface area (Å²) >= 11 is 1.49. The molecule has 6 heteroatoms. The maximum atomic E-state index is 11.9. The highest BCUT2D eigenvalue weighted by molar-refractivity contribution is 7.22. The van der Waals surface area contributed by atoms with E-state index in [1.807, 2.05) is 13.8 Å². The minimum Gasteiger partial charge on any atom is -0.320 e. The molecular weight excluding hydrogens is 294 g/mol. The normalized spacial score (nSPS) is 12.0. The van der Waals surface area contributed by atoms with Crippen LogP contribution >= 0.6 is 23.7 Å². The fourth-order valence-corrected chi connectivity index (χ4v) is 3.11. The Morgan fingerprint density at radius 2 is 2.15 bits per heavy atom. The Morgan fingerprint density at radius 3 is 2.80 bits per heavy atom. The summed E-state index contributed by atoms with van der Waals surface area (Å²) in [5, 5.41) is 3.43. The molecule has 0 spiro atoms. The third kappa shape index (κ3) is 3.69. The van der Waals surface area contributed by atoms with Gasteiger partial charge in [0, 0.05) is 0 Å². The summed E-state index contributed by atoms with van der Waals surface area (Å²) in [6.07, 6.45) is 1.58. The number of hydrogen-bond acceptors (Lipinski definition) is 4. The van der Waals surface area contributed by atoms with E-state index < -0.39 is 6.04 Å². The van der Waals surface area contributed by atoms with Crippen molar-refractivity contribution in [3.8, 4) is 0 Å². The SMILES string of the molecule is CCCC(N)C(=O)Nc1nc2c(C)cc(C)cc2s1.Cl. The smallest absolute Gasteiger partial charge is 0.243 e. The van der Waals surface area contributed by atoms with Crippen LogP contribution in [0.2, 0.25) is 0 Å². The second-order valence-corrected chi connectivity index (χ2v) is 5.86. The third-order valence-corrected chi connectivity index (χ3v) is 3.91. The Balaban J connectivity index is 0.00000200. The van der Waals surface area contributed by atoms with E-state index in [4.69, 9.17) is 5.73 Å². The van der Waals surface area contributed by atoms with Crippen molar-refractivity contribution < 1.29 is 4.79 Å². The monoisotopic (exact) mass is 313 g/mol. The van der Waals surface area contributed by atoms with Gasteiger partial charge in [-0.05, 0) is 37.5 Å². The van der Waals surface area contributed by atoms with Crippen LogP contribution in [0, 0.1) is 13.8 Å². The van der Waals surface area contributed by atoms with Gasteiger partial charge < -0.3 is 11.1 Å². The van der Waals surface area contributed by atoms with Crippen LogP contribution in [0.1, 0.15) is 30.9 Å². The van der Waals surface area contributed by atoms with Gasteiger partial charge in [0.2, 0.25) is 5.91 Å². The molecule has 2 rings (SSSR count). The molecule has 0 saturated heterocycles. The van der Waals surface area contributed by atoms with Crippen LogP contribution in [0.4, 0.5) is 5.13 Å². The van der Waals surface area contributed by atoms with Gasteiger partial charge in [0.25, 0.3) is 0 Å². The van der Waals surface area contributed by atoms with Crippen molar-refractivity contribution >= 4 is 45.0 Å². The van der Waals surface area contributed by atoms with Crippen molar-refractivity contribution in [3.05, 3.63) is 23.3 Å². The lowest BCUT2D eigenvalue weighted by Crippen LogP contribution is -2.35. The van der Waals surface area contributed by atoms with E-state index in [1.165, 1.54) is 16.9 Å². The topological polar surface area (TPSA) is 68.0 Å². The predicted molar refractivity (Wildman–Crippen MR) is 87.9 cm³/mol. The van der Waals surface area contributed by atoms with Crippen LogP contribution in [0.3, 0.4) is 0 Å². The van der Waals surface area contributed by atoms with Crippen molar-refractivity contribution in [2.45, 2.75) is 39.7 Å². The second kappa shape index (κ2) is 7.02. The lowest BCUT2D eigenvalue weighted by molar-refractivity contribution is -0.117. The molecule has 0 fully saturated rings. The zero-order valence-corrected chi connectivity index (χ0v) is 13.5. The van der Waals surface area contributed by atoms with E-state index >= 15 is 0 Å². The maximum absolute atomic E-state index is 11.9. The lowest BCUT2D eigenvalue weighted by Gasteiger charge is -2.08. The number of rotatable bonds is 4. The van der Waals surface area contributed by atoms with Gasteiger partial charge in [0.1, 0.15) is 0 Å². The fourth-order valence-electron chi connectivity index (χ4n) is 2.06. The molecule has 1 atom stereocenters. The predicted octanol–water partition coefficient (Wildman–Crippen LogP) is 3.40. The zero-order valence-electron chi connectivity index (χ0n) is 11.9. The average molecular weight is 314 g/mol. The number of hydrogen-bond donors (Lipinski definition) is 2. The molecule has 110 valence electrons. The number of anilines is 1. The van der Waals surface area contributed by atoms with Gasteiger partial charge in [-0.15, -0.1) is 12.4 Å². The Kier molecular flexibility index (Phi) is 5.92. The Hall–Kier alpha value is -1.17. The minimum atomic E-state index is -0.458. The van der Waals surface area contributed by atoms with Crippen LogP contribution in [0.5, 0.6) is 0 Å². The number of carbonyl (C=O) groups is 1. The molecule has 0 bridgehead atoms. The molecule has 0 aliphatic carbocycles. The van der Waals surface area contributed by atoms with Gasteiger partial charge in [-0.1, -0.05) is 30.7 Å². The molecule has 1 amide bonds. The number of nitrogens with zero attached hydrogens (tertiary/aromatic N) is 1. The summed E-state index contributed by atoms with van der Waals surface area (Å²) in [4.78, 5) is 16.3. The Bertz CT molecular complexity index is 612. The van der Waals surface area contributed by atoms with E-state index in [0.717, 1.165) is 22.2 Å². The molecular formula is C14H20ClN3OS. The highest BCUT2D eigenvalue weighted by Crippen LogP contribution is 2.29. The summed E-state index contributed by atoms with van der Waals surface area (Å²) in [5.41, 5.74) is 9.07. The molecule has 4 nitrogen and oxygen atoms in total. The number of carbonyl (C=O) groups excluding carboxylic acids is 1. The van der Waals surface area contributed by atoms with Crippen molar-refractivity contribution in [2.24, 2.45) is 5.73 Å². The van der Waals surface area contributed by atoms with Gasteiger partial charge in [0.05, 0.1) is 16.3 Å². The van der Waals surface area contributed by atoms with E-state index in [-0.39, 0.29) is 18.3 Å². The first-order valence-electron chi connectivity index (χ1n) is 6.45. The van der Waals surface area contributed by atoms with Gasteiger partial charge in [0.15, 0.2) is 5.13 Å². The van der Waals surface area contributed by atoms with Gasteiger partial charge in [-0.25, -0.2) is 4.98 Å². The van der Waals surface area contributed by atoms with E-state index in [2.05, 4.69) is 29.4 Å². The summed E-state index contributed by atoms with van der Waals surface area (Å²) < 4.78 is 1.09. The molecule has 2 aromatic rings. The van der Waals surface area contributed by atoms with Crippen molar-refractivity contribution in [1.29, 1.82) is 0 Å². The zero-order chi connectivity index (χ0) is 14.0. The van der Waals surface area contributed by atoms with Gasteiger partial charge >= 0.3 is 0 Å².